The molecule has 462 valence electrons. The van der Waals surface area contributed by atoms with Gasteiger partial charge in [-0.05, 0) is 122 Å². The molecule has 0 saturated carbocycles. The summed E-state index contributed by atoms with van der Waals surface area (Å²) in [6.45, 7) is 6.31. The van der Waals surface area contributed by atoms with Gasteiger partial charge in [0.25, 0.3) is 0 Å². The van der Waals surface area contributed by atoms with Gasteiger partial charge in [-0.2, -0.15) is 0 Å². The molecule has 0 aliphatic carbocycles. The summed E-state index contributed by atoms with van der Waals surface area (Å²) in [6, 6.07) is 0. The molecule has 82 heavy (non-hydrogen) atoms. The average molecular weight is 1130 g/mol. The third kappa shape index (κ3) is 65.8. The number of carbonyl (C=O) groups is 3. The third-order valence-electron chi connectivity index (χ3n) is 13.8. The van der Waals surface area contributed by atoms with E-state index in [-0.39, 0.29) is 37.5 Å². The van der Waals surface area contributed by atoms with Crippen LogP contribution >= 0.6 is 0 Å². The molecule has 0 aliphatic heterocycles. The van der Waals surface area contributed by atoms with Crippen molar-refractivity contribution < 1.29 is 28.6 Å². The van der Waals surface area contributed by atoms with Crippen molar-refractivity contribution >= 4 is 17.9 Å². The summed E-state index contributed by atoms with van der Waals surface area (Å²) in [5, 5.41) is 0. The fourth-order valence-electron chi connectivity index (χ4n) is 8.85. The lowest BCUT2D eigenvalue weighted by Gasteiger charge is -2.18. The van der Waals surface area contributed by atoms with Crippen molar-refractivity contribution in [2.45, 2.75) is 290 Å². The minimum atomic E-state index is -0.805. The zero-order valence-corrected chi connectivity index (χ0v) is 52.9. The van der Waals surface area contributed by atoms with Crippen molar-refractivity contribution in [3.63, 3.8) is 0 Å². The normalized spacial score (nSPS) is 13.2. The highest BCUT2D eigenvalue weighted by molar-refractivity contribution is 5.71. The molecule has 6 nitrogen and oxygen atoms in total. The van der Waals surface area contributed by atoms with Crippen LogP contribution in [0.1, 0.15) is 284 Å². The largest absolute Gasteiger partial charge is 0.462 e. The Morgan fingerprint density at radius 2 is 0.488 bits per heavy atom. The van der Waals surface area contributed by atoms with Crippen LogP contribution in [-0.4, -0.2) is 37.2 Å². The summed E-state index contributed by atoms with van der Waals surface area (Å²) in [5.41, 5.74) is 0. The van der Waals surface area contributed by atoms with Gasteiger partial charge >= 0.3 is 17.9 Å². The first-order chi connectivity index (χ1) is 40.5. The van der Waals surface area contributed by atoms with Crippen molar-refractivity contribution in [1.82, 2.24) is 0 Å². The molecular weight excluding hydrogens is 1010 g/mol. The van der Waals surface area contributed by atoms with Crippen LogP contribution < -0.4 is 0 Å². The number of allylic oxidation sites excluding steroid dienone is 26. The standard InChI is InChI=1S/C76H122O6/c1-4-7-10-13-16-18-20-22-24-26-28-30-32-34-36-38-40-42-44-46-48-50-52-54-56-58-60-63-66-69-75(78)81-72-73(71-80-74(77)68-65-62-15-12-9-6-3)82-76(79)70-67-64-61-59-57-55-53-51-49-47-45-43-41-39-37-35-33-31-29-27-25-23-21-19-17-14-11-8-5-2/h7-8,10-11,16-19,22-25,28-31,34,36,40,42,46,48,52,54,58,60,73H,4-6,9,12-15,20-21,26-27,32-33,35,37-39,41,43-45,47,49-51,53,55-57,59,61-72H2,1-3H3/b10-7-,11-8-,18-16-,19-17-,24-22-,25-23-,30-28-,31-29-,36-34-,42-40-,48-46-,54-52-,60-58-. The molecule has 0 N–H and O–H groups in total. The van der Waals surface area contributed by atoms with Gasteiger partial charge in [-0.3, -0.25) is 14.4 Å². The molecule has 0 aromatic carbocycles. The van der Waals surface area contributed by atoms with E-state index >= 15 is 0 Å². The molecule has 0 heterocycles. The second-order valence-electron chi connectivity index (χ2n) is 21.6. The van der Waals surface area contributed by atoms with Gasteiger partial charge in [0.2, 0.25) is 0 Å². The Hall–Kier alpha value is -4.97. The lowest BCUT2D eigenvalue weighted by Crippen LogP contribution is -2.30. The van der Waals surface area contributed by atoms with Gasteiger partial charge in [0.05, 0.1) is 0 Å². The highest BCUT2D eigenvalue weighted by Crippen LogP contribution is 2.16. The van der Waals surface area contributed by atoms with E-state index in [2.05, 4.69) is 179 Å². The van der Waals surface area contributed by atoms with E-state index in [0.717, 1.165) is 128 Å². The molecule has 0 rings (SSSR count). The number of esters is 3. The third-order valence-corrected chi connectivity index (χ3v) is 13.8. The van der Waals surface area contributed by atoms with Gasteiger partial charge in [0, 0.05) is 19.3 Å². The number of hydrogen-bond acceptors (Lipinski definition) is 6. The molecular formula is C76H122O6. The first-order valence-corrected chi connectivity index (χ1v) is 33.5. The molecule has 0 spiro atoms. The van der Waals surface area contributed by atoms with Crippen molar-refractivity contribution in [3.8, 4) is 0 Å². The average Bonchev–Trinajstić information content (AvgIpc) is 3.47. The van der Waals surface area contributed by atoms with Gasteiger partial charge in [0.15, 0.2) is 6.10 Å². The number of unbranched alkanes of at least 4 members (excludes halogenated alkanes) is 22. The lowest BCUT2D eigenvalue weighted by molar-refractivity contribution is -0.167. The van der Waals surface area contributed by atoms with E-state index in [4.69, 9.17) is 14.2 Å². The van der Waals surface area contributed by atoms with E-state index in [1.165, 1.54) is 109 Å². The maximum atomic E-state index is 12.9. The summed E-state index contributed by atoms with van der Waals surface area (Å²) >= 11 is 0. The topological polar surface area (TPSA) is 78.9 Å². The zero-order chi connectivity index (χ0) is 59.2. The monoisotopic (exact) mass is 1130 g/mol. The molecule has 6 heteroatoms. The Kier molecular flexibility index (Phi) is 64.4. The minimum Gasteiger partial charge on any atom is -0.462 e. The van der Waals surface area contributed by atoms with Crippen molar-refractivity contribution in [2.24, 2.45) is 0 Å². The van der Waals surface area contributed by atoms with Gasteiger partial charge in [-0.25, -0.2) is 0 Å². The van der Waals surface area contributed by atoms with Crippen LogP contribution in [0.4, 0.5) is 0 Å². The van der Waals surface area contributed by atoms with E-state index in [0.29, 0.717) is 19.3 Å². The van der Waals surface area contributed by atoms with E-state index < -0.39 is 6.10 Å². The van der Waals surface area contributed by atoms with Gasteiger partial charge in [0.1, 0.15) is 13.2 Å². The van der Waals surface area contributed by atoms with Crippen LogP contribution in [0.3, 0.4) is 0 Å². The number of carbonyl (C=O) groups excluding carboxylic acids is 3. The Bertz CT molecular complexity index is 1830. The smallest absolute Gasteiger partial charge is 0.306 e. The zero-order valence-electron chi connectivity index (χ0n) is 52.9. The SMILES string of the molecule is CC/C=C\C/C=C\C/C=C\C/C=C\C/C=C\C/C=C\C/C=C\C/C=C\C/C=C\CCCC(=O)OCC(COC(=O)CCCCCCCC)OC(=O)CCCCCCCCCCCCCCCCCC/C=C\C/C=C\C/C=C\C/C=C\CC. The quantitative estimate of drug-likeness (QED) is 0.0261. The fraction of sp³-hybridized carbons (Fsp3) is 0.618. The molecule has 0 fully saturated rings. The van der Waals surface area contributed by atoms with Crippen LogP contribution in [0.5, 0.6) is 0 Å². The Labute approximate surface area is 505 Å². The van der Waals surface area contributed by atoms with Crippen LogP contribution in [-0.2, 0) is 28.6 Å². The number of rotatable bonds is 59. The molecule has 1 unspecified atom stereocenters. The summed E-state index contributed by atoms with van der Waals surface area (Å²) < 4.78 is 16.8. The predicted molar refractivity (Wildman–Crippen MR) is 357 cm³/mol. The van der Waals surface area contributed by atoms with Crippen LogP contribution in [0.25, 0.3) is 0 Å². The molecule has 0 saturated heterocycles. The maximum absolute atomic E-state index is 12.9. The van der Waals surface area contributed by atoms with Crippen LogP contribution in [0.15, 0.2) is 158 Å². The molecule has 0 aromatic heterocycles. The maximum Gasteiger partial charge on any atom is 0.306 e. The fourth-order valence-corrected chi connectivity index (χ4v) is 8.85. The summed E-state index contributed by atoms with van der Waals surface area (Å²) in [4.78, 5) is 38.0. The van der Waals surface area contributed by atoms with E-state index in [1.54, 1.807) is 0 Å². The van der Waals surface area contributed by atoms with Gasteiger partial charge in [-0.1, -0.05) is 301 Å². The van der Waals surface area contributed by atoms with Crippen LogP contribution in [0, 0.1) is 0 Å². The first kappa shape index (κ1) is 77.0. The molecule has 0 aliphatic rings. The molecule has 1 atom stereocenters. The van der Waals surface area contributed by atoms with Gasteiger partial charge in [-0.15, -0.1) is 0 Å². The Balaban J connectivity index is 4.18. The van der Waals surface area contributed by atoms with Crippen molar-refractivity contribution in [3.05, 3.63) is 158 Å². The summed E-state index contributed by atoms with van der Waals surface area (Å²) in [7, 11) is 0. The summed E-state index contributed by atoms with van der Waals surface area (Å²) in [6.07, 6.45) is 100. The van der Waals surface area contributed by atoms with Crippen molar-refractivity contribution in [1.29, 1.82) is 0 Å². The molecule has 0 bridgehead atoms. The lowest BCUT2D eigenvalue weighted by atomic mass is 10.0. The number of ether oxygens (including phenoxy) is 3. The Morgan fingerprint density at radius 3 is 0.793 bits per heavy atom. The summed E-state index contributed by atoms with van der Waals surface area (Å²) in [5.74, 6) is -0.972. The second-order valence-corrected chi connectivity index (χ2v) is 21.6. The molecule has 0 amide bonds. The van der Waals surface area contributed by atoms with E-state index in [9.17, 15) is 14.4 Å². The number of hydrogen-bond donors (Lipinski definition) is 0. The second kappa shape index (κ2) is 68.5. The van der Waals surface area contributed by atoms with Gasteiger partial charge < -0.3 is 14.2 Å². The Morgan fingerprint density at radius 1 is 0.256 bits per heavy atom. The van der Waals surface area contributed by atoms with E-state index in [1.807, 2.05) is 0 Å². The molecule has 0 aromatic rings. The van der Waals surface area contributed by atoms with Crippen LogP contribution in [0.2, 0.25) is 0 Å². The highest BCUT2D eigenvalue weighted by atomic mass is 16.6. The first-order valence-electron chi connectivity index (χ1n) is 33.5. The van der Waals surface area contributed by atoms with Crippen molar-refractivity contribution in [2.75, 3.05) is 13.2 Å². The highest BCUT2D eigenvalue weighted by Gasteiger charge is 2.19. The predicted octanol–water partition coefficient (Wildman–Crippen LogP) is 23.3. The molecule has 0 radical (unpaired) electrons. The minimum absolute atomic E-state index is 0.0998.